The van der Waals surface area contributed by atoms with Gasteiger partial charge in [0.1, 0.15) is 5.51 Å². The number of carbonyl (C=O) groups is 2. The highest BCUT2D eigenvalue weighted by Gasteiger charge is 2.15. The maximum absolute atomic E-state index is 11.6. The zero-order valence-electron chi connectivity index (χ0n) is 9.60. The molecule has 0 radical (unpaired) electrons. The highest BCUT2D eigenvalue weighted by atomic mass is 32.2. The lowest BCUT2D eigenvalue weighted by atomic mass is 10.3. The first-order chi connectivity index (χ1) is 8.13. The van der Waals surface area contributed by atoms with Gasteiger partial charge in [0.2, 0.25) is 11.8 Å². The van der Waals surface area contributed by atoms with E-state index >= 15 is 0 Å². The van der Waals surface area contributed by atoms with Crippen LogP contribution in [0.3, 0.4) is 0 Å². The summed E-state index contributed by atoms with van der Waals surface area (Å²) in [6.07, 6.45) is 0.290. The quantitative estimate of drug-likeness (QED) is 0.728. The summed E-state index contributed by atoms with van der Waals surface area (Å²) < 4.78 is 0.763. The predicted octanol–water partition coefficient (Wildman–Crippen LogP) is 0.271. The van der Waals surface area contributed by atoms with Crippen LogP contribution in [-0.4, -0.2) is 40.9 Å². The SMILES string of the molecule is CNC(=O)CCNC(=O)C(C)Sc1nncs1. The second-order valence-corrected chi connectivity index (χ2v) is 5.60. The van der Waals surface area contributed by atoms with Crippen LogP contribution in [0, 0.1) is 0 Å². The van der Waals surface area contributed by atoms with Crippen molar-refractivity contribution in [1.29, 1.82) is 0 Å². The average molecular weight is 274 g/mol. The second-order valence-electron chi connectivity index (χ2n) is 3.18. The molecule has 0 aromatic carbocycles. The van der Waals surface area contributed by atoms with Crippen molar-refractivity contribution in [2.24, 2.45) is 0 Å². The van der Waals surface area contributed by atoms with E-state index in [9.17, 15) is 9.59 Å². The fourth-order valence-electron chi connectivity index (χ4n) is 0.987. The molecule has 0 spiro atoms. The molecule has 0 aliphatic heterocycles. The number of hydrogen-bond donors (Lipinski definition) is 2. The van der Waals surface area contributed by atoms with Crippen LogP contribution in [-0.2, 0) is 9.59 Å². The lowest BCUT2D eigenvalue weighted by molar-refractivity contribution is -0.121. The molecule has 0 saturated heterocycles. The van der Waals surface area contributed by atoms with E-state index in [0.29, 0.717) is 13.0 Å². The summed E-state index contributed by atoms with van der Waals surface area (Å²) in [6, 6.07) is 0. The van der Waals surface area contributed by atoms with Crippen molar-refractivity contribution >= 4 is 34.9 Å². The summed E-state index contributed by atoms with van der Waals surface area (Å²) in [4.78, 5) is 22.6. The standard InChI is InChI=1S/C9H14N4O2S2/c1-6(17-9-13-12-5-16-9)8(15)11-4-3-7(14)10-2/h5-6H,3-4H2,1-2H3,(H,10,14)(H,11,15). The molecule has 1 aromatic rings. The van der Waals surface area contributed by atoms with Crippen molar-refractivity contribution in [3.63, 3.8) is 0 Å². The second kappa shape index (κ2) is 7.23. The van der Waals surface area contributed by atoms with Gasteiger partial charge >= 0.3 is 0 Å². The number of thioether (sulfide) groups is 1. The van der Waals surface area contributed by atoms with Crippen LogP contribution in [0.25, 0.3) is 0 Å². The maximum Gasteiger partial charge on any atom is 0.233 e. The summed E-state index contributed by atoms with van der Waals surface area (Å²) in [6.45, 7) is 2.14. The fraction of sp³-hybridized carbons (Fsp3) is 0.556. The topological polar surface area (TPSA) is 84.0 Å². The molecule has 6 nitrogen and oxygen atoms in total. The van der Waals surface area contributed by atoms with Gasteiger partial charge in [-0.25, -0.2) is 0 Å². The zero-order chi connectivity index (χ0) is 12.7. The van der Waals surface area contributed by atoms with Crippen molar-refractivity contribution in [3.05, 3.63) is 5.51 Å². The van der Waals surface area contributed by atoms with Gasteiger partial charge in [-0.1, -0.05) is 23.1 Å². The van der Waals surface area contributed by atoms with Gasteiger partial charge in [-0.3, -0.25) is 9.59 Å². The third kappa shape index (κ3) is 5.14. The van der Waals surface area contributed by atoms with Crippen LogP contribution in [0.4, 0.5) is 0 Å². The van der Waals surface area contributed by atoms with Crippen LogP contribution in [0.2, 0.25) is 0 Å². The minimum absolute atomic E-state index is 0.0882. The van der Waals surface area contributed by atoms with Gasteiger partial charge < -0.3 is 10.6 Å². The van der Waals surface area contributed by atoms with Gasteiger partial charge in [0.25, 0.3) is 0 Å². The van der Waals surface area contributed by atoms with Crippen molar-refractivity contribution in [1.82, 2.24) is 20.8 Å². The molecular formula is C9H14N4O2S2. The Hall–Kier alpha value is -1.15. The molecule has 0 fully saturated rings. The third-order valence-electron chi connectivity index (χ3n) is 1.92. The first-order valence-electron chi connectivity index (χ1n) is 5.04. The molecule has 0 bridgehead atoms. The number of nitrogens with one attached hydrogen (secondary N) is 2. The molecule has 1 heterocycles. The highest BCUT2D eigenvalue weighted by Crippen LogP contribution is 2.23. The molecule has 94 valence electrons. The van der Waals surface area contributed by atoms with Crippen molar-refractivity contribution < 1.29 is 9.59 Å². The van der Waals surface area contributed by atoms with Crippen molar-refractivity contribution in [3.8, 4) is 0 Å². The molecule has 2 N–H and O–H groups in total. The van der Waals surface area contributed by atoms with Crippen LogP contribution in [0.15, 0.2) is 9.85 Å². The lowest BCUT2D eigenvalue weighted by Gasteiger charge is -2.09. The molecule has 2 amide bonds. The van der Waals surface area contributed by atoms with E-state index in [-0.39, 0.29) is 17.1 Å². The van der Waals surface area contributed by atoms with Crippen molar-refractivity contribution in [2.45, 2.75) is 22.9 Å². The minimum atomic E-state index is -0.243. The summed E-state index contributed by atoms with van der Waals surface area (Å²) >= 11 is 2.75. The van der Waals surface area contributed by atoms with Gasteiger partial charge in [-0.15, -0.1) is 10.2 Å². The maximum atomic E-state index is 11.6. The van der Waals surface area contributed by atoms with E-state index in [1.165, 1.54) is 23.1 Å². The Morgan fingerprint density at radius 2 is 2.35 bits per heavy atom. The van der Waals surface area contributed by atoms with E-state index in [2.05, 4.69) is 20.8 Å². The first-order valence-corrected chi connectivity index (χ1v) is 6.80. The number of nitrogens with zero attached hydrogens (tertiary/aromatic N) is 2. The summed E-state index contributed by atoms with van der Waals surface area (Å²) in [5.41, 5.74) is 1.62. The molecule has 1 aromatic heterocycles. The van der Waals surface area contributed by atoms with Gasteiger partial charge in [0.15, 0.2) is 4.34 Å². The zero-order valence-corrected chi connectivity index (χ0v) is 11.2. The third-order valence-corrected chi connectivity index (χ3v) is 3.83. The number of carbonyl (C=O) groups excluding carboxylic acids is 2. The van der Waals surface area contributed by atoms with Crippen LogP contribution >= 0.6 is 23.1 Å². The Balaban J connectivity index is 2.25. The van der Waals surface area contributed by atoms with Crippen LogP contribution < -0.4 is 10.6 Å². The molecule has 0 aliphatic rings. The van der Waals surface area contributed by atoms with Gasteiger partial charge in [-0.05, 0) is 6.92 Å². The fourth-order valence-corrected chi connectivity index (χ4v) is 2.64. The molecule has 1 unspecified atom stereocenters. The Labute approximate surface area is 108 Å². The molecule has 1 rings (SSSR count). The number of amides is 2. The Morgan fingerprint density at radius 3 is 2.94 bits per heavy atom. The number of aromatic nitrogens is 2. The van der Waals surface area contributed by atoms with E-state index < -0.39 is 0 Å². The van der Waals surface area contributed by atoms with E-state index in [4.69, 9.17) is 0 Å². The molecule has 0 saturated carbocycles. The average Bonchev–Trinajstić information content (AvgIpc) is 2.81. The molecule has 1 atom stereocenters. The number of hydrogen-bond acceptors (Lipinski definition) is 6. The largest absolute Gasteiger partial charge is 0.359 e. The van der Waals surface area contributed by atoms with Crippen molar-refractivity contribution in [2.75, 3.05) is 13.6 Å². The van der Waals surface area contributed by atoms with Crippen LogP contribution in [0.5, 0.6) is 0 Å². The van der Waals surface area contributed by atoms with Gasteiger partial charge in [0, 0.05) is 20.0 Å². The van der Waals surface area contributed by atoms with Gasteiger partial charge in [-0.2, -0.15) is 0 Å². The minimum Gasteiger partial charge on any atom is -0.359 e. The lowest BCUT2D eigenvalue weighted by Crippen LogP contribution is -2.34. The Morgan fingerprint density at radius 1 is 1.59 bits per heavy atom. The number of rotatable bonds is 6. The van der Waals surface area contributed by atoms with E-state index in [1.54, 1.807) is 19.5 Å². The molecule has 8 heteroatoms. The smallest absolute Gasteiger partial charge is 0.233 e. The predicted molar refractivity (Wildman–Crippen MR) is 66.9 cm³/mol. The van der Waals surface area contributed by atoms with E-state index in [0.717, 1.165) is 4.34 Å². The Bertz CT molecular complexity index is 369. The summed E-state index contributed by atoms with van der Waals surface area (Å²) in [5.74, 6) is -0.191. The van der Waals surface area contributed by atoms with Crippen LogP contribution in [0.1, 0.15) is 13.3 Å². The summed E-state index contributed by atoms with van der Waals surface area (Å²) in [5, 5.41) is 12.5. The Kier molecular flexibility index (Phi) is 5.92. The first kappa shape index (κ1) is 13.9. The highest BCUT2D eigenvalue weighted by molar-refractivity contribution is 8.02. The van der Waals surface area contributed by atoms with E-state index in [1.807, 2.05) is 0 Å². The van der Waals surface area contributed by atoms with Gasteiger partial charge in [0.05, 0.1) is 5.25 Å². The monoisotopic (exact) mass is 274 g/mol. The molecular weight excluding hydrogens is 260 g/mol. The molecule has 0 aliphatic carbocycles. The normalized spacial score (nSPS) is 11.9. The molecule has 17 heavy (non-hydrogen) atoms. The summed E-state index contributed by atoms with van der Waals surface area (Å²) in [7, 11) is 1.57.